The summed E-state index contributed by atoms with van der Waals surface area (Å²) in [5.41, 5.74) is 2.42. The molecule has 0 aliphatic carbocycles. The van der Waals surface area contributed by atoms with Crippen LogP contribution in [0.4, 0.5) is 0 Å². The van der Waals surface area contributed by atoms with Crippen LogP contribution in [0, 0.1) is 0 Å². The molecule has 0 saturated carbocycles. The van der Waals surface area contributed by atoms with Gasteiger partial charge >= 0.3 is 11.9 Å². The summed E-state index contributed by atoms with van der Waals surface area (Å²) in [6.45, 7) is 0.378. The lowest BCUT2D eigenvalue weighted by molar-refractivity contribution is 0.0548. The number of esters is 2. The third kappa shape index (κ3) is 4.00. The number of aromatic nitrogens is 1. The second-order valence-electron chi connectivity index (χ2n) is 6.43. The van der Waals surface area contributed by atoms with Crippen molar-refractivity contribution in [3.8, 4) is 22.6 Å². The lowest BCUT2D eigenvalue weighted by Crippen LogP contribution is -2.16. The predicted molar refractivity (Wildman–Crippen MR) is 111 cm³/mol. The molecule has 1 aromatic heterocycles. The molecule has 2 aromatic carbocycles. The first-order valence-electron chi connectivity index (χ1n) is 9.20. The van der Waals surface area contributed by atoms with Crippen LogP contribution in [0.1, 0.15) is 26.4 Å². The Morgan fingerprint density at radius 1 is 0.833 bits per heavy atom. The molecule has 0 unspecified atom stereocenters. The SMILES string of the molecule is COC(=O)c1c(-c2ccc(OC)c(OC)c2)cn(Cc2ccccc2)c1C(=O)OC. The van der Waals surface area contributed by atoms with E-state index in [0.29, 0.717) is 29.2 Å². The molecular weight excluding hydrogens is 386 g/mol. The molecule has 0 saturated heterocycles. The quantitative estimate of drug-likeness (QED) is 0.553. The smallest absolute Gasteiger partial charge is 0.355 e. The second kappa shape index (κ2) is 9.17. The zero-order valence-electron chi connectivity index (χ0n) is 17.3. The van der Waals surface area contributed by atoms with Crippen molar-refractivity contribution in [1.29, 1.82) is 0 Å². The Kier molecular flexibility index (Phi) is 6.41. The van der Waals surface area contributed by atoms with Crippen molar-refractivity contribution >= 4 is 11.9 Å². The van der Waals surface area contributed by atoms with Gasteiger partial charge in [0.05, 0.1) is 28.4 Å². The van der Waals surface area contributed by atoms with Gasteiger partial charge in [-0.05, 0) is 23.3 Å². The predicted octanol–water partition coefficient (Wildman–Crippen LogP) is 3.79. The van der Waals surface area contributed by atoms with Crippen LogP contribution in [0.25, 0.3) is 11.1 Å². The Bertz CT molecular complexity index is 1060. The number of rotatable bonds is 7. The molecule has 7 heteroatoms. The number of nitrogens with zero attached hydrogens (tertiary/aromatic N) is 1. The maximum atomic E-state index is 12.7. The number of ether oxygens (including phenoxy) is 4. The van der Waals surface area contributed by atoms with Gasteiger partial charge in [0.2, 0.25) is 0 Å². The van der Waals surface area contributed by atoms with Gasteiger partial charge in [0.25, 0.3) is 0 Å². The lowest BCUT2D eigenvalue weighted by atomic mass is 10.0. The summed E-state index contributed by atoms with van der Waals surface area (Å²) in [4.78, 5) is 25.3. The molecule has 3 rings (SSSR count). The molecule has 1 heterocycles. The van der Waals surface area contributed by atoms with E-state index < -0.39 is 11.9 Å². The molecule has 0 spiro atoms. The van der Waals surface area contributed by atoms with E-state index in [-0.39, 0.29) is 11.3 Å². The van der Waals surface area contributed by atoms with E-state index in [1.165, 1.54) is 21.3 Å². The lowest BCUT2D eigenvalue weighted by Gasteiger charge is -2.10. The summed E-state index contributed by atoms with van der Waals surface area (Å²) in [6, 6.07) is 14.9. The van der Waals surface area contributed by atoms with Crippen molar-refractivity contribution in [3.63, 3.8) is 0 Å². The van der Waals surface area contributed by atoms with E-state index >= 15 is 0 Å². The molecule has 7 nitrogen and oxygen atoms in total. The first-order chi connectivity index (χ1) is 14.5. The minimum atomic E-state index is -0.632. The maximum absolute atomic E-state index is 12.7. The van der Waals surface area contributed by atoms with Gasteiger partial charge in [0.15, 0.2) is 11.5 Å². The molecule has 0 fully saturated rings. The van der Waals surface area contributed by atoms with E-state index in [1.54, 1.807) is 36.1 Å². The number of hydrogen-bond acceptors (Lipinski definition) is 6. The summed E-state index contributed by atoms with van der Waals surface area (Å²) < 4.78 is 22.3. The maximum Gasteiger partial charge on any atom is 0.355 e. The van der Waals surface area contributed by atoms with Crippen LogP contribution in [0.5, 0.6) is 11.5 Å². The zero-order valence-corrected chi connectivity index (χ0v) is 17.3. The van der Waals surface area contributed by atoms with Crippen molar-refractivity contribution in [2.45, 2.75) is 6.54 Å². The van der Waals surface area contributed by atoms with Gasteiger partial charge in [0, 0.05) is 18.3 Å². The van der Waals surface area contributed by atoms with Crippen molar-refractivity contribution in [3.05, 3.63) is 71.5 Å². The molecule has 30 heavy (non-hydrogen) atoms. The molecular formula is C23H23NO6. The summed E-state index contributed by atoms with van der Waals surface area (Å²) in [5.74, 6) is -0.205. The number of carbonyl (C=O) groups excluding carboxylic acids is 2. The largest absolute Gasteiger partial charge is 0.493 e. The topological polar surface area (TPSA) is 76.0 Å². The molecule has 3 aromatic rings. The van der Waals surface area contributed by atoms with Crippen LogP contribution in [0.2, 0.25) is 0 Å². The Morgan fingerprint density at radius 3 is 2.10 bits per heavy atom. The summed E-state index contributed by atoms with van der Waals surface area (Å²) >= 11 is 0. The molecule has 0 atom stereocenters. The Hall–Kier alpha value is -3.74. The van der Waals surface area contributed by atoms with Crippen LogP contribution in [-0.4, -0.2) is 44.9 Å². The molecule has 0 aliphatic heterocycles. The summed E-state index contributed by atoms with van der Waals surface area (Å²) in [7, 11) is 5.63. The average molecular weight is 409 g/mol. The third-order valence-corrected chi connectivity index (χ3v) is 4.74. The van der Waals surface area contributed by atoms with Gasteiger partial charge in [-0.25, -0.2) is 9.59 Å². The molecule has 0 N–H and O–H groups in total. The van der Waals surface area contributed by atoms with Crippen LogP contribution in [0.15, 0.2) is 54.7 Å². The Labute approximate surface area is 174 Å². The number of carbonyl (C=O) groups is 2. The highest BCUT2D eigenvalue weighted by Crippen LogP contribution is 2.36. The van der Waals surface area contributed by atoms with E-state index in [0.717, 1.165) is 5.56 Å². The van der Waals surface area contributed by atoms with E-state index in [4.69, 9.17) is 18.9 Å². The van der Waals surface area contributed by atoms with Gasteiger partial charge in [0.1, 0.15) is 11.3 Å². The fraction of sp³-hybridized carbons (Fsp3) is 0.217. The highest BCUT2D eigenvalue weighted by molar-refractivity contribution is 6.07. The fourth-order valence-electron chi connectivity index (χ4n) is 3.31. The van der Waals surface area contributed by atoms with E-state index in [9.17, 15) is 9.59 Å². The average Bonchev–Trinajstić information content (AvgIpc) is 3.17. The van der Waals surface area contributed by atoms with Gasteiger partial charge < -0.3 is 23.5 Å². The summed E-state index contributed by atoms with van der Waals surface area (Å²) in [6.07, 6.45) is 1.74. The molecule has 0 amide bonds. The van der Waals surface area contributed by atoms with Crippen molar-refractivity contribution < 1.29 is 28.5 Å². The highest BCUT2D eigenvalue weighted by atomic mass is 16.5. The standard InChI is InChI=1S/C23H23NO6/c1-27-18-11-10-16(12-19(18)28-2)17-14-24(13-15-8-6-5-7-9-15)21(23(26)30-4)20(17)22(25)29-3/h5-12,14H,13H2,1-4H3. The van der Waals surface area contributed by atoms with Gasteiger partial charge in [-0.15, -0.1) is 0 Å². The fourth-order valence-corrected chi connectivity index (χ4v) is 3.31. The number of benzene rings is 2. The van der Waals surface area contributed by atoms with Gasteiger partial charge in [-0.3, -0.25) is 0 Å². The van der Waals surface area contributed by atoms with Crippen LogP contribution in [0.3, 0.4) is 0 Å². The first kappa shape index (κ1) is 21.0. The monoisotopic (exact) mass is 409 g/mol. The van der Waals surface area contributed by atoms with E-state index in [2.05, 4.69) is 0 Å². The van der Waals surface area contributed by atoms with E-state index in [1.807, 2.05) is 30.3 Å². The number of methoxy groups -OCH3 is 4. The Balaban J connectivity index is 2.24. The van der Waals surface area contributed by atoms with Crippen molar-refractivity contribution in [2.75, 3.05) is 28.4 Å². The second-order valence-corrected chi connectivity index (χ2v) is 6.43. The Morgan fingerprint density at radius 2 is 1.50 bits per heavy atom. The third-order valence-electron chi connectivity index (χ3n) is 4.74. The normalized spacial score (nSPS) is 10.4. The van der Waals surface area contributed by atoms with Gasteiger partial charge in [-0.2, -0.15) is 0 Å². The van der Waals surface area contributed by atoms with Gasteiger partial charge in [-0.1, -0.05) is 36.4 Å². The minimum absolute atomic E-state index is 0.123. The first-order valence-corrected chi connectivity index (χ1v) is 9.20. The van der Waals surface area contributed by atoms with Crippen LogP contribution in [-0.2, 0) is 16.0 Å². The molecule has 0 aliphatic rings. The number of hydrogen-bond donors (Lipinski definition) is 0. The molecule has 156 valence electrons. The van der Waals surface area contributed by atoms with Crippen LogP contribution < -0.4 is 9.47 Å². The van der Waals surface area contributed by atoms with Crippen LogP contribution >= 0.6 is 0 Å². The summed E-state index contributed by atoms with van der Waals surface area (Å²) in [5, 5.41) is 0. The van der Waals surface area contributed by atoms with Crippen molar-refractivity contribution in [1.82, 2.24) is 4.57 Å². The molecule has 0 bridgehead atoms. The highest BCUT2D eigenvalue weighted by Gasteiger charge is 2.29. The molecule has 0 radical (unpaired) electrons. The minimum Gasteiger partial charge on any atom is -0.493 e. The van der Waals surface area contributed by atoms with Crippen molar-refractivity contribution in [2.24, 2.45) is 0 Å². The zero-order chi connectivity index (χ0) is 21.7.